The number of aromatic nitrogens is 2. The predicted octanol–water partition coefficient (Wildman–Crippen LogP) is 3.49. The van der Waals surface area contributed by atoms with Gasteiger partial charge in [0.05, 0.1) is 5.56 Å². The van der Waals surface area contributed by atoms with E-state index in [4.69, 9.17) is 9.26 Å². The van der Waals surface area contributed by atoms with E-state index in [1.807, 2.05) is 24.3 Å². The lowest BCUT2D eigenvalue weighted by molar-refractivity contribution is -0.119. The Morgan fingerprint density at radius 1 is 1.19 bits per heavy atom. The van der Waals surface area contributed by atoms with Crippen LogP contribution >= 0.6 is 15.9 Å². The fourth-order valence-electron chi connectivity index (χ4n) is 2.25. The SMILES string of the molecule is CC(=O)NCc1ccc(C(=O)OCc2nc(-c3cccc(Br)c3)no2)cc1. The number of nitrogens with one attached hydrogen (secondary N) is 1. The Morgan fingerprint density at radius 3 is 2.67 bits per heavy atom. The molecular formula is C19H16BrN3O4. The van der Waals surface area contributed by atoms with Crippen LogP contribution in [0.4, 0.5) is 0 Å². The van der Waals surface area contributed by atoms with Gasteiger partial charge in [-0.2, -0.15) is 4.98 Å². The number of hydrogen-bond acceptors (Lipinski definition) is 6. The zero-order chi connectivity index (χ0) is 19.2. The molecule has 1 heterocycles. The summed E-state index contributed by atoms with van der Waals surface area (Å²) in [4.78, 5) is 27.3. The smallest absolute Gasteiger partial charge is 0.338 e. The summed E-state index contributed by atoms with van der Waals surface area (Å²) >= 11 is 3.39. The maximum Gasteiger partial charge on any atom is 0.338 e. The van der Waals surface area contributed by atoms with Crippen molar-refractivity contribution in [3.05, 3.63) is 70.0 Å². The van der Waals surface area contributed by atoms with E-state index in [1.165, 1.54) is 6.92 Å². The zero-order valence-electron chi connectivity index (χ0n) is 14.4. The average Bonchev–Trinajstić information content (AvgIpc) is 3.14. The van der Waals surface area contributed by atoms with Gasteiger partial charge in [0.2, 0.25) is 11.7 Å². The molecule has 8 heteroatoms. The lowest BCUT2D eigenvalue weighted by Crippen LogP contribution is -2.18. The first-order valence-electron chi connectivity index (χ1n) is 8.10. The topological polar surface area (TPSA) is 94.3 Å². The Balaban J connectivity index is 1.57. The summed E-state index contributed by atoms with van der Waals surface area (Å²) in [6.45, 7) is 1.74. The monoisotopic (exact) mass is 429 g/mol. The summed E-state index contributed by atoms with van der Waals surface area (Å²) in [6.07, 6.45) is 0. The summed E-state index contributed by atoms with van der Waals surface area (Å²) in [5, 5.41) is 6.58. The van der Waals surface area contributed by atoms with Gasteiger partial charge < -0.3 is 14.6 Å². The van der Waals surface area contributed by atoms with E-state index in [2.05, 4.69) is 31.4 Å². The van der Waals surface area contributed by atoms with Gasteiger partial charge in [-0.05, 0) is 29.8 Å². The molecule has 3 aromatic rings. The van der Waals surface area contributed by atoms with Gasteiger partial charge in [-0.1, -0.05) is 45.4 Å². The quantitative estimate of drug-likeness (QED) is 0.602. The van der Waals surface area contributed by atoms with Crippen molar-refractivity contribution in [2.45, 2.75) is 20.1 Å². The molecule has 0 aliphatic heterocycles. The fourth-order valence-corrected chi connectivity index (χ4v) is 2.65. The number of ether oxygens (including phenoxy) is 1. The molecule has 2 aromatic carbocycles. The van der Waals surface area contributed by atoms with Crippen LogP contribution in [-0.2, 0) is 22.7 Å². The van der Waals surface area contributed by atoms with Crippen LogP contribution in [0.25, 0.3) is 11.4 Å². The normalized spacial score (nSPS) is 10.4. The highest BCUT2D eigenvalue weighted by Gasteiger charge is 2.13. The standard InChI is InChI=1S/C19H16BrN3O4/c1-12(24)21-10-13-5-7-14(8-6-13)19(25)26-11-17-22-18(23-27-17)15-3-2-4-16(20)9-15/h2-9H,10-11H2,1H3,(H,21,24). The molecule has 138 valence electrons. The zero-order valence-corrected chi connectivity index (χ0v) is 16.0. The molecule has 0 aliphatic rings. The maximum atomic E-state index is 12.1. The summed E-state index contributed by atoms with van der Waals surface area (Å²) in [5.74, 6) is 0.0221. The molecule has 0 unspecified atom stereocenters. The first kappa shape index (κ1) is 18.8. The number of carbonyl (C=O) groups excluding carboxylic acids is 2. The van der Waals surface area contributed by atoms with Crippen LogP contribution in [0, 0.1) is 0 Å². The van der Waals surface area contributed by atoms with Crippen LogP contribution in [0.1, 0.15) is 28.7 Å². The maximum absolute atomic E-state index is 12.1. The van der Waals surface area contributed by atoms with Gasteiger partial charge in [0.25, 0.3) is 5.89 Å². The van der Waals surface area contributed by atoms with Gasteiger partial charge in [-0.15, -0.1) is 0 Å². The molecule has 0 aliphatic carbocycles. The van der Waals surface area contributed by atoms with E-state index in [0.717, 1.165) is 15.6 Å². The Bertz CT molecular complexity index is 954. The number of esters is 1. The molecule has 0 atom stereocenters. The molecule has 0 saturated heterocycles. The Hall–Kier alpha value is -3.00. The number of halogens is 1. The highest BCUT2D eigenvalue weighted by atomic mass is 79.9. The van der Waals surface area contributed by atoms with E-state index in [9.17, 15) is 9.59 Å². The van der Waals surface area contributed by atoms with Crippen molar-refractivity contribution in [3.8, 4) is 11.4 Å². The molecule has 0 radical (unpaired) electrons. The second-order valence-corrected chi connectivity index (χ2v) is 6.62. The van der Waals surface area contributed by atoms with Crippen LogP contribution in [0.5, 0.6) is 0 Å². The molecule has 0 fully saturated rings. The Labute approximate surface area is 163 Å². The third kappa shape index (κ3) is 5.24. The van der Waals surface area contributed by atoms with Crippen molar-refractivity contribution < 1.29 is 18.8 Å². The summed E-state index contributed by atoms with van der Waals surface area (Å²) in [5.41, 5.74) is 2.08. The summed E-state index contributed by atoms with van der Waals surface area (Å²) in [6, 6.07) is 14.3. The van der Waals surface area contributed by atoms with Crippen molar-refractivity contribution in [1.82, 2.24) is 15.5 Å². The van der Waals surface area contributed by atoms with Gasteiger partial charge in [-0.25, -0.2) is 4.79 Å². The van der Waals surface area contributed by atoms with Gasteiger partial charge in [-0.3, -0.25) is 4.79 Å². The highest BCUT2D eigenvalue weighted by Crippen LogP contribution is 2.20. The first-order chi connectivity index (χ1) is 13.0. The minimum atomic E-state index is -0.497. The van der Waals surface area contributed by atoms with Gasteiger partial charge >= 0.3 is 5.97 Å². The molecule has 1 amide bonds. The van der Waals surface area contributed by atoms with Crippen LogP contribution in [0.15, 0.2) is 57.5 Å². The summed E-state index contributed by atoms with van der Waals surface area (Å²) in [7, 11) is 0. The number of rotatable bonds is 6. The molecule has 0 saturated carbocycles. The van der Waals surface area contributed by atoms with E-state index >= 15 is 0 Å². The Kier molecular flexibility index (Phi) is 5.97. The van der Waals surface area contributed by atoms with E-state index in [-0.39, 0.29) is 18.4 Å². The van der Waals surface area contributed by atoms with Crippen molar-refractivity contribution in [2.24, 2.45) is 0 Å². The molecule has 27 heavy (non-hydrogen) atoms. The minimum absolute atomic E-state index is 0.111. The molecule has 0 spiro atoms. The molecular weight excluding hydrogens is 414 g/mol. The third-order valence-electron chi connectivity index (χ3n) is 3.61. The minimum Gasteiger partial charge on any atom is -0.452 e. The van der Waals surface area contributed by atoms with Crippen LogP contribution < -0.4 is 5.32 Å². The molecule has 3 rings (SSSR count). The van der Waals surface area contributed by atoms with Crippen LogP contribution in [-0.4, -0.2) is 22.0 Å². The van der Waals surface area contributed by atoms with E-state index in [0.29, 0.717) is 17.9 Å². The van der Waals surface area contributed by atoms with Crippen LogP contribution in [0.3, 0.4) is 0 Å². The number of hydrogen-bond donors (Lipinski definition) is 1. The van der Waals surface area contributed by atoms with Crippen molar-refractivity contribution >= 4 is 27.8 Å². The summed E-state index contributed by atoms with van der Waals surface area (Å²) < 4.78 is 11.2. The van der Waals surface area contributed by atoms with E-state index < -0.39 is 5.97 Å². The van der Waals surface area contributed by atoms with Crippen LogP contribution in [0.2, 0.25) is 0 Å². The second-order valence-electron chi connectivity index (χ2n) is 5.70. The predicted molar refractivity (Wildman–Crippen MR) is 101 cm³/mol. The number of carbonyl (C=O) groups is 2. The van der Waals surface area contributed by atoms with Crippen molar-refractivity contribution in [2.75, 3.05) is 0 Å². The fraction of sp³-hybridized carbons (Fsp3) is 0.158. The largest absolute Gasteiger partial charge is 0.452 e. The Morgan fingerprint density at radius 2 is 1.96 bits per heavy atom. The molecule has 7 nitrogen and oxygen atoms in total. The number of nitrogens with zero attached hydrogens (tertiary/aromatic N) is 2. The van der Waals surface area contributed by atoms with Gasteiger partial charge in [0.1, 0.15) is 0 Å². The van der Waals surface area contributed by atoms with E-state index in [1.54, 1.807) is 24.3 Å². The average molecular weight is 430 g/mol. The molecule has 1 N–H and O–H groups in total. The first-order valence-corrected chi connectivity index (χ1v) is 8.89. The van der Waals surface area contributed by atoms with Crippen molar-refractivity contribution in [1.29, 1.82) is 0 Å². The highest BCUT2D eigenvalue weighted by molar-refractivity contribution is 9.10. The van der Waals surface area contributed by atoms with Gasteiger partial charge in [0.15, 0.2) is 6.61 Å². The number of amides is 1. The molecule has 0 bridgehead atoms. The van der Waals surface area contributed by atoms with Crippen molar-refractivity contribution in [3.63, 3.8) is 0 Å². The lowest BCUT2D eigenvalue weighted by atomic mass is 10.1. The van der Waals surface area contributed by atoms with Gasteiger partial charge in [0, 0.05) is 23.5 Å². The lowest BCUT2D eigenvalue weighted by Gasteiger charge is -2.05. The number of benzene rings is 2. The second kappa shape index (κ2) is 8.59. The third-order valence-corrected chi connectivity index (χ3v) is 4.10. The molecule has 1 aromatic heterocycles.